The summed E-state index contributed by atoms with van der Waals surface area (Å²) in [7, 11) is 0. The van der Waals surface area contributed by atoms with Crippen molar-refractivity contribution < 1.29 is 14.5 Å². The molecule has 6 nitrogen and oxygen atoms in total. The molecule has 2 aromatic rings. The van der Waals surface area contributed by atoms with Crippen LogP contribution in [0.15, 0.2) is 40.9 Å². The summed E-state index contributed by atoms with van der Waals surface area (Å²) in [6, 6.07) is 9.34. The van der Waals surface area contributed by atoms with Crippen LogP contribution in [0.25, 0.3) is 0 Å². The molecule has 0 spiro atoms. The first kappa shape index (κ1) is 17.2. The predicted octanol–water partition coefficient (Wildman–Crippen LogP) is 4.34. The number of nitrogens with one attached hydrogen (secondary N) is 1. The molecule has 2 aromatic carbocycles. The van der Waals surface area contributed by atoms with Crippen LogP contribution in [0.4, 0.5) is 11.4 Å². The van der Waals surface area contributed by atoms with Gasteiger partial charge in [-0.05, 0) is 42.8 Å². The molecule has 0 saturated carbocycles. The Hall–Kier alpha value is -2.12. The number of carbonyl (C=O) groups is 1. The Morgan fingerprint density at radius 2 is 2.09 bits per heavy atom. The van der Waals surface area contributed by atoms with E-state index < -0.39 is 10.8 Å². The number of nitro benzene ring substituents is 1. The number of rotatable bonds is 5. The Balaban J connectivity index is 2.02. The zero-order chi connectivity index (χ0) is 17.0. The van der Waals surface area contributed by atoms with E-state index in [4.69, 9.17) is 16.3 Å². The van der Waals surface area contributed by atoms with E-state index in [2.05, 4.69) is 21.2 Å². The lowest BCUT2D eigenvalue weighted by Gasteiger charge is -2.09. The summed E-state index contributed by atoms with van der Waals surface area (Å²) in [6.45, 7) is 1.55. The largest absolute Gasteiger partial charge is 0.477 e. The Morgan fingerprint density at radius 1 is 1.35 bits per heavy atom. The van der Waals surface area contributed by atoms with Gasteiger partial charge in [0.2, 0.25) is 0 Å². The summed E-state index contributed by atoms with van der Waals surface area (Å²) >= 11 is 9.09. The number of anilines is 1. The fraction of sp³-hybridized carbons (Fsp3) is 0.133. The highest BCUT2D eigenvalue weighted by Gasteiger charge is 2.16. The van der Waals surface area contributed by atoms with Crippen molar-refractivity contribution in [2.75, 3.05) is 11.9 Å². The number of hydrogen-bond acceptors (Lipinski definition) is 4. The molecule has 1 N–H and O–H groups in total. The molecule has 0 fully saturated rings. The minimum Gasteiger partial charge on any atom is -0.477 e. The van der Waals surface area contributed by atoms with E-state index in [1.165, 1.54) is 18.2 Å². The van der Waals surface area contributed by atoms with E-state index in [1.54, 1.807) is 12.1 Å². The summed E-state index contributed by atoms with van der Waals surface area (Å²) in [5.74, 6) is -0.433. The maximum Gasteiger partial charge on any atom is 0.312 e. The van der Waals surface area contributed by atoms with Crippen LogP contribution in [-0.2, 0) is 4.79 Å². The van der Waals surface area contributed by atoms with Crippen LogP contribution in [-0.4, -0.2) is 17.4 Å². The lowest BCUT2D eigenvalue weighted by atomic mass is 10.2. The smallest absolute Gasteiger partial charge is 0.312 e. The van der Waals surface area contributed by atoms with Crippen LogP contribution in [0.2, 0.25) is 5.02 Å². The topological polar surface area (TPSA) is 81.5 Å². The molecule has 0 aliphatic carbocycles. The van der Waals surface area contributed by atoms with Crippen molar-refractivity contribution in [1.29, 1.82) is 0 Å². The van der Waals surface area contributed by atoms with Gasteiger partial charge in [-0.15, -0.1) is 0 Å². The van der Waals surface area contributed by atoms with Crippen LogP contribution >= 0.6 is 27.5 Å². The summed E-state index contributed by atoms with van der Waals surface area (Å²) in [6.07, 6.45) is 0. The van der Waals surface area contributed by atoms with Crippen LogP contribution < -0.4 is 10.1 Å². The molecule has 0 heterocycles. The Kier molecular flexibility index (Phi) is 5.57. The van der Waals surface area contributed by atoms with Crippen LogP contribution in [0.3, 0.4) is 0 Å². The van der Waals surface area contributed by atoms with Gasteiger partial charge < -0.3 is 10.1 Å². The molecule has 0 aliphatic heterocycles. The van der Waals surface area contributed by atoms with Gasteiger partial charge in [-0.2, -0.15) is 0 Å². The summed E-state index contributed by atoms with van der Waals surface area (Å²) in [5, 5.41) is 13.8. The van der Waals surface area contributed by atoms with Crippen molar-refractivity contribution in [3.05, 3.63) is 61.6 Å². The molecule has 0 saturated heterocycles. The fourth-order valence-electron chi connectivity index (χ4n) is 1.82. The normalized spacial score (nSPS) is 10.2. The fourth-order valence-corrected chi connectivity index (χ4v) is 2.23. The molecular formula is C15H12BrClN2O4. The first-order valence-electron chi connectivity index (χ1n) is 6.49. The first-order valence-corrected chi connectivity index (χ1v) is 7.66. The van der Waals surface area contributed by atoms with Gasteiger partial charge in [0.25, 0.3) is 5.91 Å². The van der Waals surface area contributed by atoms with E-state index >= 15 is 0 Å². The van der Waals surface area contributed by atoms with Crippen molar-refractivity contribution in [2.24, 2.45) is 0 Å². The van der Waals surface area contributed by atoms with E-state index in [1.807, 2.05) is 13.0 Å². The average molecular weight is 400 g/mol. The third-order valence-electron chi connectivity index (χ3n) is 2.92. The molecule has 0 unspecified atom stereocenters. The number of benzene rings is 2. The number of ether oxygens (including phenoxy) is 1. The SMILES string of the molecule is Cc1cc(NC(=O)COc2ccc(Cl)cc2[N+](=O)[O-])ccc1Br. The number of aryl methyl sites for hydroxylation is 1. The van der Waals surface area contributed by atoms with Crippen molar-refractivity contribution in [2.45, 2.75) is 6.92 Å². The molecule has 1 amide bonds. The second-order valence-electron chi connectivity index (χ2n) is 4.67. The van der Waals surface area contributed by atoms with Gasteiger partial charge >= 0.3 is 5.69 Å². The molecule has 0 aliphatic rings. The lowest BCUT2D eigenvalue weighted by molar-refractivity contribution is -0.385. The highest BCUT2D eigenvalue weighted by atomic mass is 79.9. The number of hydrogen-bond donors (Lipinski definition) is 1. The summed E-state index contributed by atoms with van der Waals surface area (Å²) < 4.78 is 6.15. The van der Waals surface area contributed by atoms with Gasteiger partial charge in [0.15, 0.2) is 12.4 Å². The third-order valence-corrected chi connectivity index (χ3v) is 4.04. The average Bonchev–Trinajstić information content (AvgIpc) is 2.49. The molecule has 8 heteroatoms. The quantitative estimate of drug-likeness (QED) is 0.599. The van der Waals surface area contributed by atoms with Crippen molar-refractivity contribution in [1.82, 2.24) is 0 Å². The van der Waals surface area contributed by atoms with Crippen LogP contribution in [0.1, 0.15) is 5.56 Å². The minimum absolute atomic E-state index is 0.0125. The van der Waals surface area contributed by atoms with Crippen molar-refractivity contribution in [3.63, 3.8) is 0 Å². The Morgan fingerprint density at radius 3 is 2.74 bits per heavy atom. The van der Waals surface area contributed by atoms with E-state index in [-0.39, 0.29) is 23.1 Å². The molecular weight excluding hydrogens is 388 g/mol. The van der Waals surface area contributed by atoms with Gasteiger partial charge in [0, 0.05) is 21.2 Å². The second kappa shape index (κ2) is 7.43. The van der Waals surface area contributed by atoms with Gasteiger partial charge in [-0.25, -0.2) is 0 Å². The monoisotopic (exact) mass is 398 g/mol. The van der Waals surface area contributed by atoms with E-state index in [0.29, 0.717) is 5.69 Å². The number of halogens is 2. The molecule has 0 radical (unpaired) electrons. The van der Waals surface area contributed by atoms with Crippen molar-refractivity contribution >= 4 is 44.8 Å². The summed E-state index contributed by atoms with van der Waals surface area (Å²) in [5.41, 5.74) is 1.30. The molecule has 120 valence electrons. The lowest BCUT2D eigenvalue weighted by Crippen LogP contribution is -2.20. The maximum atomic E-state index is 11.9. The zero-order valence-corrected chi connectivity index (χ0v) is 14.3. The molecule has 0 bridgehead atoms. The minimum atomic E-state index is -0.614. The first-order chi connectivity index (χ1) is 10.9. The maximum absolute atomic E-state index is 11.9. The van der Waals surface area contributed by atoms with Gasteiger partial charge in [0.1, 0.15) is 0 Å². The van der Waals surface area contributed by atoms with Gasteiger partial charge in [-0.3, -0.25) is 14.9 Å². The molecule has 0 atom stereocenters. The Labute approximate surface area is 145 Å². The van der Waals surface area contributed by atoms with Crippen molar-refractivity contribution in [3.8, 4) is 5.75 Å². The summed E-state index contributed by atoms with van der Waals surface area (Å²) in [4.78, 5) is 22.2. The zero-order valence-electron chi connectivity index (χ0n) is 12.0. The predicted molar refractivity (Wildman–Crippen MR) is 91.1 cm³/mol. The second-order valence-corrected chi connectivity index (χ2v) is 5.96. The highest BCUT2D eigenvalue weighted by molar-refractivity contribution is 9.10. The molecule has 0 aromatic heterocycles. The number of carbonyl (C=O) groups excluding carboxylic acids is 1. The third kappa shape index (κ3) is 4.67. The van der Waals surface area contributed by atoms with E-state index in [9.17, 15) is 14.9 Å². The number of nitrogens with zero attached hydrogens (tertiary/aromatic N) is 1. The molecule has 23 heavy (non-hydrogen) atoms. The molecule has 2 rings (SSSR count). The van der Waals surface area contributed by atoms with Gasteiger partial charge in [-0.1, -0.05) is 27.5 Å². The van der Waals surface area contributed by atoms with E-state index in [0.717, 1.165) is 10.0 Å². The van der Waals surface area contributed by atoms with Crippen LogP contribution in [0, 0.1) is 17.0 Å². The number of nitro groups is 1. The Bertz CT molecular complexity index is 767. The van der Waals surface area contributed by atoms with Crippen LogP contribution in [0.5, 0.6) is 5.75 Å². The standard InChI is InChI=1S/C15H12BrClN2O4/c1-9-6-11(3-4-12(9)16)18-15(20)8-23-14-5-2-10(17)7-13(14)19(21)22/h2-7H,8H2,1H3,(H,18,20). The van der Waals surface area contributed by atoms with Gasteiger partial charge in [0.05, 0.1) is 4.92 Å². The number of amides is 1. The highest BCUT2D eigenvalue weighted by Crippen LogP contribution is 2.29.